The summed E-state index contributed by atoms with van der Waals surface area (Å²) in [6.07, 6.45) is -0.929. The minimum atomic E-state index is -1.19. The van der Waals surface area contributed by atoms with E-state index in [0.29, 0.717) is 13.1 Å². The first-order valence-corrected chi connectivity index (χ1v) is 5.34. The lowest BCUT2D eigenvalue weighted by molar-refractivity contribution is -0.149. The molecule has 0 aromatic heterocycles. The van der Waals surface area contributed by atoms with Gasteiger partial charge < -0.3 is 20.7 Å². The van der Waals surface area contributed by atoms with Crippen LogP contribution in [0.2, 0.25) is 0 Å². The number of hydrogen-bond acceptors (Lipinski definition) is 4. The molecule has 1 atom stereocenters. The molecular formula is C10H19N3O3. The number of rotatable bonds is 2. The lowest BCUT2D eigenvalue weighted by Gasteiger charge is -2.36. The number of carbonyl (C=O) groups excluding carboxylic acids is 2. The molecule has 1 heterocycles. The van der Waals surface area contributed by atoms with Crippen LogP contribution in [0.3, 0.4) is 0 Å². The van der Waals surface area contributed by atoms with E-state index in [1.165, 1.54) is 0 Å². The Morgan fingerprint density at radius 3 is 2.62 bits per heavy atom. The van der Waals surface area contributed by atoms with E-state index in [-0.39, 0.29) is 11.9 Å². The van der Waals surface area contributed by atoms with Crippen molar-refractivity contribution in [2.24, 2.45) is 5.73 Å². The molecule has 1 aliphatic heterocycles. The molecule has 1 saturated heterocycles. The molecule has 3 N–H and O–H groups in total. The van der Waals surface area contributed by atoms with Crippen LogP contribution in [0.25, 0.3) is 0 Å². The Bertz CT molecular complexity index is 291. The Hall–Kier alpha value is -1.30. The number of nitrogens with two attached hydrogens (primary N) is 1. The second-order valence-electron chi connectivity index (χ2n) is 4.54. The van der Waals surface area contributed by atoms with Crippen molar-refractivity contribution in [1.82, 2.24) is 10.2 Å². The molecule has 16 heavy (non-hydrogen) atoms. The molecule has 0 spiro atoms. The third kappa shape index (κ3) is 3.10. The number of nitrogens with zero attached hydrogens (tertiary/aromatic N) is 1. The average Bonchev–Trinajstić information content (AvgIpc) is 2.14. The van der Waals surface area contributed by atoms with Crippen molar-refractivity contribution in [2.75, 3.05) is 19.6 Å². The molecular weight excluding hydrogens is 210 g/mol. The monoisotopic (exact) mass is 229 g/mol. The van der Waals surface area contributed by atoms with Crippen molar-refractivity contribution in [1.29, 1.82) is 0 Å². The van der Waals surface area contributed by atoms with Crippen LogP contribution in [0.5, 0.6) is 0 Å². The van der Waals surface area contributed by atoms with Gasteiger partial charge in [-0.3, -0.25) is 4.79 Å². The molecule has 6 heteroatoms. The van der Waals surface area contributed by atoms with Gasteiger partial charge in [0.1, 0.15) is 0 Å². The quantitative estimate of drug-likeness (QED) is 0.679. The summed E-state index contributed by atoms with van der Waals surface area (Å²) in [7, 11) is 0. The number of carbonyl (C=O) groups is 2. The fraction of sp³-hybridized carbons (Fsp3) is 0.800. The summed E-state index contributed by atoms with van der Waals surface area (Å²) >= 11 is 0. The average molecular weight is 229 g/mol. The normalized spacial score (nSPS) is 21.7. The summed E-state index contributed by atoms with van der Waals surface area (Å²) in [6.45, 7) is 7.08. The molecule has 1 aliphatic rings. The van der Waals surface area contributed by atoms with Gasteiger partial charge in [0, 0.05) is 25.7 Å². The van der Waals surface area contributed by atoms with Gasteiger partial charge in [0.15, 0.2) is 5.60 Å². The van der Waals surface area contributed by atoms with E-state index in [1.807, 2.05) is 6.92 Å². The maximum atomic E-state index is 12.1. The zero-order valence-corrected chi connectivity index (χ0v) is 9.95. The molecule has 0 radical (unpaired) electrons. The Morgan fingerprint density at radius 2 is 2.12 bits per heavy atom. The standard InChI is InChI=1S/C10H19N3O3/c1-7-6-13(5-4-12-7)8(14)10(2,3)16-9(11)15/h7,12H,4-6H2,1-3H3,(H2,11,15). The van der Waals surface area contributed by atoms with Crippen molar-refractivity contribution in [3.05, 3.63) is 0 Å². The summed E-state index contributed by atoms with van der Waals surface area (Å²) in [5.74, 6) is -0.209. The Morgan fingerprint density at radius 1 is 1.50 bits per heavy atom. The number of piperazine rings is 1. The van der Waals surface area contributed by atoms with E-state index in [0.717, 1.165) is 6.54 Å². The topological polar surface area (TPSA) is 84.7 Å². The van der Waals surface area contributed by atoms with Gasteiger partial charge in [-0.2, -0.15) is 0 Å². The van der Waals surface area contributed by atoms with Gasteiger partial charge in [-0.05, 0) is 20.8 Å². The zero-order valence-electron chi connectivity index (χ0n) is 9.95. The van der Waals surface area contributed by atoms with E-state index in [2.05, 4.69) is 5.32 Å². The molecule has 1 unspecified atom stereocenters. The lowest BCUT2D eigenvalue weighted by atomic mass is 10.1. The number of hydrogen-bond donors (Lipinski definition) is 2. The van der Waals surface area contributed by atoms with Gasteiger partial charge in [-0.15, -0.1) is 0 Å². The second-order valence-corrected chi connectivity index (χ2v) is 4.54. The molecule has 2 amide bonds. The van der Waals surface area contributed by atoms with Crippen LogP contribution in [0, 0.1) is 0 Å². The van der Waals surface area contributed by atoms with E-state index < -0.39 is 11.7 Å². The molecule has 6 nitrogen and oxygen atoms in total. The summed E-state index contributed by atoms with van der Waals surface area (Å²) in [4.78, 5) is 24.4. The van der Waals surface area contributed by atoms with Crippen LogP contribution in [-0.2, 0) is 9.53 Å². The van der Waals surface area contributed by atoms with E-state index in [4.69, 9.17) is 10.5 Å². The van der Waals surface area contributed by atoms with E-state index in [1.54, 1.807) is 18.7 Å². The summed E-state index contributed by atoms with van der Waals surface area (Å²) in [5.41, 5.74) is 3.74. The van der Waals surface area contributed by atoms with Crippen LogP contribution in [0.4, 0.5) is 4.79 Å². The molecule has 0 aromatic rings. The highest BCUT2D eigenvalue weighted by Gasteiger charge is 2.36. The van der Waals surface area contributed by atoms with Crippen molar-refractivity contribution in [2.45, 2.75) is 32.4 Å². The number of nitrogens with one attached hydrogen (secondary N) is 1. The minimum Gasteiger partial charge on any atom is -0.434 e. The first kappa shape index (κ1) is 12.8. The molecule has 0 aliphatic carbocycles. The molecule has 0 bridgehead atoms. The van der Waals surface area contributed by atoms with Crippen molar-refractivity contribution in [3.63, 3.8) is 0 Å². The zero-order chi connectivity index (χ0) is 12.3. The third-order valence-corrected chi connectivity index (χ3v) is 2.53. The van der Waals surface area contributed by atoms with E-state index >= 15 is 0 Å². The van der Waals surface area contributed by atoms with Crippen molar-refractivity contribution in [3.8, 4) is 0 Å². The molecule has 1 fully saturated rings. The number of primary amides is 1. The highest BCUT2D eigenvalue weighted by Crippen LogP contribution is 2.15. The van der Waals surface area contributed by atoms with Gasteiger partial charge in [-0.1, -0.05) is 0 Å². The lowest BCUT2D eigenvalue weighted by Crippen LogP contribution is -2.57. The molecule has 92 valence electrons. The van der Waals surface area contributed by atoms with Crippen LogP contribution < -0.4 is 11.1 Å². The smallest absolute Gasteiger partial charge is 0.405 e. The van der Waals surface area contributed by atoms with Gasteiger partial charge in [0.05, 0.1) is 0 Å². The Balaban J connectivity index is 2.64. The maximum Gasteiger partial charge on any atom is 0.405 e. The van der Waals surface area contributed by atoms with Gasteiger partial charge in [0.2, 0.25) is 0 Å². The first-order valence-electron chi connectivity index (χ1n) is 5.34. The first-order chi connectivity index (χ1) is 7.33. The van der Waals surface area contributed by atoms with Gasteiger partial charge in [-0.25, -0.2) is 4.79 Å². The van der Waals surface area contributed by atoms with Crippen LogP contribution in [-0.4, -0.2) is 48.2 Å². The van der Waals surface area contributed by atoms with Crippen LogP contribution in [0.15, 0.2) is 0 Å². The fourth-order valence-electron chi connectivity index (χ4n) is 1.79. The fourth-order valence-corrected chi connectivity index (χ4v) is 1.79. The predicted octanol–water partition coefficient (Wildman–Crippen LogP) is -0.319. The van der Waals surface area contributed by atoms with Crippen LogP contribution in [0.1, 0.15) is 20.8 Å². The molecule has 0 aromatic carbocycles. The Kier molecular flexibility index (Phi) is 3.74. The predicted molar refractivity (Wildman–Crippen MR) is 58.8 cm³/mol. The van der Waals surface area contributed by atoms with Gasteiger partial charge in [0.25, 0.3) is 5.91 Å². The van der Waals surface area contributed by atoms with Crippen molar-refractivity contribution >= 4 is 12.0 Å². The SMILES string of the molecule is CC1CN(C(=O)C(C)(C)OC(N)=O)CCN1. The maximum absolute atomic E-state index is 12.1. The highest BCUT2D eigenvalue weighted by molar-refractivity contribution is 5.86. The third-order valence-electron chi connectivity index (χ3n) is 2.53. The number of ether oxygens (including phenoxy) is 1. The summed E-state index contributed by atoms with van der Waals surface area (Å²) in [6, 6.07) is 0.252. The summed E-state index contributed by atoms with van der Waals surface area (Å²) < 4.78 is 4.82. The number of amides is 2. The highest BCUT2D eigenvalue weighted by atomic mass is 16.6. The largest absolute Gasteiger partial charge is 0.434 e. The second kappa shape index (κ2) is 4.69. The molecule has 0 saturated carbocycles. The van der Waals surface area contributed by atoms with Crippen LogP contribution >= 0.6 is 0 Å². The van der Waals surface area contributed by atoms with E-state index in [9.17, 15) is 9.59 Å². The summed E-state index contributed by atoms with van der Waals surface area (Å²) in [5, 5.41) is 3.23. The van der Waals surface area contributed by atoms with Crippen molar-refractivity contribution < 1.29 is 14.3 Å². The molecule has 1 rings (SSSR count). The Labute approximate surface area is 95.1 Å². The van der Waals surface area contributed by atoms with Gasteiger partial charge >= 0.3 is 6.09 Å². The minimum absolute atomic E-state index is 0.209.